The van der Waals surface area contributed by atoms with Crippen LogP contribution in [-0.2, 0) is 5.41 Å². The first-order valence-electron chi connectivity index (χ1n) is 6.43. The molecule has 4 heteroatoms. The van der Waals surface area contributed by atoms with Gasteiger partial charge in [0.1, 0.15) is 12.1 Å². The zero-order chi connectivity index (χ0) is 13.3. The van der Waals surface area contributed by atoms with E-state index in [9.17, 15) is 4.79 Å². The Labute approximate surface area is 112 Å². The quantitative estimate of drug-likeness (QED) is 0.848. The summed E-state index contributed by atoms with van der Waals surface area (Å²) in [4.78, 5) is 16.6. The van der Waals surface area contributed by atoms with Gasteiger partial charge in [-0.15, -0.1) is 0 Å². The van der Waals surface area contributed by atoms with E-state index in [0.29, 0.717) is 0 Å². The molecule has 0 saturated heterocycles. The van der Waals surface area contributed by atoms with Gasteiger partial charge in [0.05, 0.1) is 12.5 Å². The SMILES string of the molecule is COc1ccc(C2(C(=O)n3ccnc3)CCC2)cc1. The van der Waals surface area contributed by atoms with Crippen LogP contribution in [0.15, 0.2) is 43.0 Å². The Hall–Kier alpha value is -2.10. The van der Waals surface area contributed by atoms with Gasteiger partial charge in [-0.1, -0.05) is 18.6 Å². The first-order chi connectivity index (χ1) is 9.26. The fourth-order valence-electron chi connectivity index (χ4n) is 2.69. The van der Waals surface area contributed by atoms with Crippen molar-refractivity contribution in [3.8, 4) is 5.75 Å². The van der Waals surface area contributed by atoms with E-state index in [0.717, 1.165) is 30.6 Å². The van der Waals surface area contributed by atoms with Gasteiger partial charge in [0, 0.05) is 12.4 Å². The number of carbonyl (C=O) groups is 1. The Morgan fingerprint density at radius 2 is 2.05 bits per heavy atom. The lowest BCUT2D eigenvalue weighted by molar-refractivity contribution is 0.0694. The fraction of sp³-hybridized carbons (Fsp3) is 0.333. The molecular formula is C15H16N2O2. The predicted octanol–water partition coefficient (Wildman–Crippen LogP) is 2.65. The molecule has 0 unspecified atom stereocenters. The average Bonchev–Trinajstić information content (AvgIpc) is 2.92. The zero-order valence-electron chi connectivity index (χ0n) is 10.9. The van der Waals surface area contributed by atoms with Crippen LogP contribution in [0.5, 0.6) is 5.75 Å². The van der Waals surface area contributed by atoms with E-state index in [2.05, 4.69) is 4.98 Å². The molecule has 0 bridgehead atoms. The van der Waals surface area contributed by atoms with Gasteiger partial charge in [0.2, 0.25) is 5.91 Å². The largest absolute Gasteiger partial charge is 0.497 e. The Bertz CT molecular complexity index is 569. The second-order valence-electron chi connectivity index (χ2n) is 4.94. The monoisotopic (exact) mass is 256 g/mol. The summed E-state index contributed by atoms with van der Waals surface area (Å²) in [5.41, 5.74) is 0.686. The van der Waals surface area contributed by atoms with Crippen molar-refractivity contribution in [3.63, 3.8) is 0 Å². The van der Waals surface area contributed by atoms with E-state index in [1.807, 2.05) is 24.3 Å². The number of imidazole rings is 1. The normalized spacial score (nSPS) is 16.7. The maximum atomic E-state index is 12.7. The second kappa shape index (κ2) is 4.53. The van der Waals surface area contributed by atoms with Crippen molar-refractivity contribution in [1.29, 1.82) is 0 Å². The minimum absolute atomic E-state index is 0.112. The summed E-state index contributed by atoms with van der Waals surface area (Å²) in [6, 6.07) is 7.81. The minimum Gasteiger partial charge on any atom is -0.497 e. The molecular weight excluding hydrogens is 240 g/mol. The smallest absolute Gasteiger partial charge is 0.242 e. The predicted molar refractivity (Wildman–Crippen MR) is 71.4 cm³/mol. The van der Waals surface area contributed by atoms with Crippen LogP contribution in [0.3, 0.4) is 0 Å². The molecule has 0 radical (unpaired) electrons. The summed E-state index contributed by atoms with van der Waals surface area (Å²) < 4.78 is 6.75. The number of benzene rings is 1. The van der Waals surface area contributed by atoms with Crippen LogP contribution < -0.4 is 4.74 Å². The highest BCUT2D eigenvalue weighted by molar-refractivity contribution is 5.91. The van der Waals surface area contributed by atoms with Crippen LogP contribution >= 0.6 is 0 Å². The maximum Gasteiger partial charge on any atom is 0.242 e. The van der Waals surface area contributed by atoms with Crippen molar-refractivity contribution >= 4 is 5.91 Å². The molecule has 1 saturated carbocycles. The molecule has 2 aromatic rings. The van der Waals surface area contributed by atoms with Crippen LogP contribution in [0.25, 0.3) is 0 Å². The molecule has 19 heavy (non-hydrogen) atoms. The molecule has 1 heterocycles. The summed E-state index contributed by atoms with van der Waals surface area (Å²) in [5.74, 6) is 0.926. The Morgan fingerprint density at radius 1 is 1.32 bits per heavy atom. The summed E-state index contributed by atoms with van der Waals surface area (Å²) in [5, 5.41) is 0. The minimum atomic E-state index is -0.382. The summed E-state index contributed by atoms with van der Waals surface area (Å²) in [6.45, 7) is 0. The van der Waals surface area contributed by atoms with Gasteiger partial charge in [0.25, 0.3) is 0 Å². The third-order valence-electron chi connectivity index (χ3n) is 4.00. The third-order valence-corrected chi connectivity index (χ3v) is 4.00. The molecule has 0 N–H and O–H groups in total. The topological polar surface area (TPSA) is 44.1 Å². The van der Waals surface area contributed by atoms with E-state index in [-0.39, 0.29) is 11.3 Å². The molecule has 0 spiro atoms. The molecule has 0 atom stereocenters. The number of ether oxygens (including phenoxy) is 1. The number of carbonyl (C=O) groups excluding carboxylic acids is 1. The number of hydrogen-bond donors (Lipinski definition) is 0. The molecule has 0 aliphatic heterocycles. The molecule has 3 rings (SSSR count). The second-order valence-corrected chi connectivity index (χ2v) is 4.94. The van der Waals surface area contributed by atoms with E-state index in [4.69, 9.17) is 4.74 Å². The van der Waals surface area contributed by atoms with Crippen molar-refractivity contribution < 1.29 is 9.53 Å². The van der Waals surface area contributed by atoms with Gasteiger partial charge in [-0.2, -0.15) is 0 Å². The third kappa shape index (κ3) is 1.84. The van der Waals surface area contributed by atoms with Crippen LogP contribution in [0.4, 0.5) is 0 Å². The van der Waals surface area contributed by atoms with E-state index < -0.39 is 0 Å². The summed E-state index contributed by atoms with van der Waals surface area (Å²) in [7, 11) is 1.64. The van der Waals surface area contributed by atoms with Crippen molar-refractivity contribution in [2.24, 2.45) is 0 Å². The first-order valence-corrected chi connectivity index (χ1v) is 6.43. The number of aromatic nitrogens is 2. The lowest BCUT2D eigenvalue weighted by atomic mass is 9.63. The van der Waals surface area contributed by atoms with Crippen molar-refractivity contribution in [1.82, 2.24) is 9.55 Å². The molecule has 1 aromatic carbocycles. The molecule has 4 nitrogen and oxygen atoms in total. The van der Waals surface area contributed by atoms with E-state index >= 15 is 0 Å². The van der Waals surface area contributed by atoms with Crippen molar-refractivity contribution in [2.45, 2.75) is 24.7 Å². The Balaban J connectivity index is 1.96. The molecule has 1 aliphatic carbocycles. The molecule has 1 aliphatic rings. The number of methoxy groups -OCH3 is 1. The van der Waals surface area contributed by atoms with Gasteiger partial charge in [0.15, 0.2) is 0 Å². The first kappa shape index (κ1) is 12.0. The summed E-state index contributed by atoms with van der Waals surface area (Å²) in [6.07, 6.45) is 7.81. The fourth-order valence-corrected chi connectivity index (χ4v) is 2.69. The van der Waals surface area contributed by atoms with Crippen LogP contribution in [-0.4, -0.2) is 22.6 Å². The Morgan fingerprint density at radius 3 is 2.53 bits per heavy atom. The zero-order valence-corrected chi connectivity index (χ0v) is 10.9. The number of rotatable bonds is 3. The highest BCUT2D eigenvalue weighted by atomic mass is 16.5. The van der Waals surface area contributed by atoms with Gasteiger partial charge in [-0.3, -0.25) is 9.36 Å². The lowest BCUT2D eigenvalue weighted by Crippen LogP contribution is -2.45. The van der Waals surface area contributed by atoms with Gasteiger partial charge < -0.3 is 4.74 Å². The summed E-state index contributed by atoms with van der Waals surface area (Å²) >= 11 is 0. The van der Waals surface area contributed by atoms with Crippen LogP contribution in [0.1, 0.15) is 29.6 Å². The lowest BCUT2D eigenvalue weighted by Gasteiger charge is -2.40. The molecule has 1 aromatic heterocycles. The number of hydrogen-bond acceptors (Lipinski definition) is 3. The maximum absolute atomic E-state index is 12.7. The average molecular weight is 256 g/mol. The molecule has 98 valence electrons. The number of nitrogens with zero attached hydrogens (tertiary/aromatic N) is 2. The van der Waals surface area contributed by atoms with Gasteiger partial charge in [-0.25, -0.2) is 4.98 Å². The van der Waals surface area contributed by atoms with Crippen molar-refractivity contribution in [2.75, 3.05) is 7.11 Å². The highest BCUT2D eigenvalue weighted by Gasteiger charge is 2.46. The molecule has 1 fully saturated rings. The van der Waals surface area contributed by atoms with Gasteiger partial charge in [-0.05, 0) is 30.5 Å². The van der Waals surface area contributed by atoms with Crippen LogP contribution in [0.2, 0.25) is 0 Å². The Kier molecular flexibility index (Phi) is 2.85. The van der Waals surface area contributed by atoms with E-state index in [1.54, 1.807) is 30.4 Å². The standard InChI is InChI=1S/C15H16N2O2/c1-19-13-5-3-12(4-6-13)15(7-2-8-15)14(18)17-10-9-16-11-17/h3-6,9-11H,2,7-8H2,1H3. The van der Waals surface area contributed by atoms with Crippen molar-refractivity contribution in [3.05, 3.63) is 48.5 Å². The van der Waals surface area contributed by atoms with Gasteiger partial charge >= 0.3 is 0 Å². The van der Waals surface area contributed by atoms with Crippen LogP contribution in [0, 0.1) is 0 Å². The van der Waals surface area contributed by atoms with E-state index in [1.165, 1.54) is 0 Å². The highest BCUT2D eigenvalue weighted by Crippen LogP contribution is 2.45. The molecule has 0 amide bonds.